The Kier molecular flexibility index (Phi) is 5.38. The van der Waals surface area contributed by atoms with Gasteiger partial charge in [-0.05, 0) is 30.5 Å². The third-order valence-electron chi connectivity index (χ3n) is 4.54. The Hall–Kier alpha value is -2.65. The second kappa shape index (κ2) is 7.71. The van der Waals surface area contributed by atoms with Crippen LogP contribution < -0.4 is 0 Å². The minimum absolute atomic E-state index is 0.0490. The van der Waals surface area contributed by atoms with Crippen molar-refractivity contribution < 1.29 is 13.2 Å². The third kappa shape index (κ3) is 3.94. The zero-order valence-corrected chi connectivity index (χ0v) is 15.2. The molecule has 0 spiro atoms. The van der Waals surface area contributed by atoms with Gasteiger partial charge in [-0.2, -0.15) is 5.26 Å². The first-order valence-corrected chi connectivity index (χ1v) is 10.2. The molecule has 2 aromatic carbocycles. The van der Waals surface area contributed by atoms with Crippen LogP contribution in [0.4, 0.5) is 0 Å². The van der Waals surface area contributed by atoms with Gasteiger partial charge in [0.25, 0.3) is 5.91 Å². The zero-order valence-electron chi connectivity index (χ0n) is 14.3. The molecule has 1 heterocycles. The number of carbonyl (C=O) groups is 1. The molecule has 1 atom stereocenters. The number of hydrogen-bond acceptors (Lipinski definition) is 4. The van der Waals surface area contributed by atoms with Gasteiger partial charge in [0.1, 0.15) is 0 Å². The highest BCUT2D eigenvalue weighted by Gasteiger charge is 2.28. The van der Waals surface area contributed by atoms with Crippen LogP contribution in [0.15, 0.2) is 59.5 Å². The molecule has 0 bridgehead atoms. The molecule has 134 valence electrons. The maximum absolute atomic E-state index is 12.9. The monoisotopic (exact) mass is 368 g/mol. The van der Waals surface area contributed by atoms with Crippen LogP contribution in [-0.2, 0) is 15.6 Å². The number of likely N-dealkylation sites (tertiary alicyclic amines) is 1. The van der Waals surface area contributed by atoms with Crippen LogP contribution in [0, 0.1) is 17.2 Å². The number of nitriles is 1. The van der Waals surface area contributed by atoms with E-state index < -0.39 is 9.84 Å². The topological polar surface area (TPSA) is 78.2 Å². The number of benzene rings is 2. The van der Waals surface area contributed by atoms with Crippen molar-refractivity contribution >= 4 is 15.7 Å². The smallest absolute Gasteiger partial charge is 0.255 e. The standard InChI is InChI=1S/C20H20N2O3S/c21-13-17-9-6-12-22(14-17)20(23)18-10-4-5-11-19(18)26(24,25)15-16-7-2-1-3-8-16/h1-5,7-8,10-11,17H,6,9,12,14-15H2/t17-/m0/s1. The molecular formula is C20H20N2O3S. The van der Waals surface area contributed by atoms with Gasteiger partial charge in [0.2, 0.25) is 0 Å². The predicted octanol–water partition coefficient (Wildman–Crippen LogP) is 3.04. The Bertz CT molecular complexity index is 933. The van der Waals surface area contributed by atoms with Crippen LogP contribution in [0.3, 0.4) is 0 Å². The van der Waals surface area contributed by atoms with Crippen molar-refractivity contribution in [3.8, 4) is 6.07 Å². The summed E-state index contributed by atoms with van der Waals surface area (Å²) in [6.45, 7) is 0.895. The van der Waals surface area contributed by atoms with E-state index in [1.54, 1.807) is 47.4 Å². The molecule has 1 aliphatic rings. The molecule has 1 amide bonds. The molecule has 0 unspecified atom stereocenters. The van der Waals surface area contributed by atoms with Crippen LogP contribution in [0.2, 0.25) is 0 Å². The van der Waals surface area contributed by atoms with Crippen molar-refractivity contribution in [1.29, 1.82) is 5.26 Å². The van der Waals surface area contributed by atoms with Gasteiger partial charge in [0.05, 0.1) is 28.2 Å². The Morgan fingerprint density at radius 3 is 2.54 bits per heavy atom. The highest BCUT2D eigenvalue weighted by atomic mass is 32.2. The molecule has 5 nitrogen and oxygen atoms in total. The van der Waals surface area contributed by atoms with E-state index >= 15 is 0 Å². The first-order valence-electron chi connectivity index (χ1n) is 8.56. The van der Waals surface area contributed by atoms with Gasteiger partial charge < -0.3 is 4.90 Å². The first kappa shape index (κ1) is 18.2. The number of hydrogen-bond donors (Lipinski definition) is 0. The van der Waals surface area contributed by atoms with Gasteiger partial charge in [-0.1, -0.05) is 42.5 Å². The second-order valence-corrected chi connectivity index (χ2v) is 8.42. The van der Waals surface area contributed by atoms with E-state index in [2.05, 4.69) is 6.07 Å². The summed E-state index contributed by atoms with van der Waals surface area (Å²) in [6, 6.07) is 17.5. The van der Waals surface area contributed by atoms with Gasteiger partial charge in [-0.25, -0.2) is 8.42 Å². The summed E-state index contributed by atoms with van der Waals surface area (Å²) >= 11 is 0. The van der Waals surface area contributed by atoms with Gasteiger partial charge >= 0.3 is 0 Å². The molecule has 6 heteroatoms. The van der Waals surface area contributed by atoms with E-state index in [4.69, 9.17) is 5.26 Å². The lowest BCUT2D eigenvalue weighted by molar-refractivity contribution is 0.0695. The summed E-state index contributed by atoms with van der Waals surface area (Å²) in [7, 11) is -3.66. The van der Waals surface area contributed by atoms with Crippen LogP contribution >= 0.6 is 0 Å². The predicted molar refractivity (Wildman–Crippen MR) is 98.0 cm³/mol. The molecule has 0 saturated carbocycles. The molecule has 1 aliphatic heterocycles. The third-order valence-corrected chi connectivity index (χ3v) is 6.28. The Morgan fingerprint density at radius 1 is 1.12 bits per heavy atom. The summed E-state index contributed by atoms with van der Waals surface area (Å²) < 4.78 is 25.8. The van der Waals surface area contributed by atoms with E-state index in [0.717, 1.165) is 12.8 Å². The number of piperidine rings is 1. The van der Waals surface area contributed by atoms with Gasteiger partial charge in [0.15, 0.2) is 9.84 Å². The molecule has 0 radical (unpaired) electrons. The van der Waals surface area contributed by atoms with Crippen LogP contribution in [0.5, 0.6) is 0 Å². The number of rotatable bonds is 4. The maximum atomic E-state index is 12.9. The molecule has 2 aromatic rings. The van der Waals surface area contributed by atoms with E-state index in [9.17, 15) is 13.2 Å². The number of nitrogens with zero attached hydrogens (tertiary/aromatic N) is 2. The van der Waals surface area contributed by atoms with Crippen LogP contribution in [-0.4, -0.2) is 32.3 Å². The van der Waals surface area contributed by atoms with Crippen molar-refractivity contribution in [2.75, 3.05) is 13.1 Å². The zero-order chi connectivity index (χ0) is 18.6. The summed E-state index contributed by atoms with van der Waals surface area (Å²) in [5.41, 5.74) is 0.860. The largest absolute Gasteiger partial charge is 0.337 e. The van der Waals surface area contributed by atoms with Crippen molar-refractivity contribution in [3.05, 3.63) is 65.7 Å². The van der Waals surface area contributed by atoms with Gasteiger partial charge in [-0.3, -0.25) is 4.79 Å². The SMILES string of the molecule is N#C[C@@H]1CCCN(C(=O)c2ccccc2S(=O)(=O)Cc2ccccc2)C1. The summed E-state index contributed by atoms with van der Waals surface area (Å²) in [5.74, 6) is -0.670. The van der Waals surface area contributed by atoms with Crippen molar-refractivity contribution in [3.63, 3.8) is 0 Å². The summed E-state index contributed by atoms with van der Waals surface area (Å²) in [4.78, 5) is 14.6. The molecule has 3 rings (SSSR count). The molecule has 1 fully saturated rings. The molecule has 0 N–H and O–H groups in total. The number of carbonyl (C=O) groups excluding carboxylic acids is 1. The molecule has 26 heavy (non-hydrogen) atoms. The van der Waals surface area contributed by atoms with Gasteiger partial charge in [-0.15, -0.1) is 0 Å². The Labute approximate surface area is 153 Å². The normalized spacial score (nSPS) is 17.5. The fourth-order valence-electron chi connectivity index (χ4n) is 3.22. The second-order valence-electron chi connectivity index (χ2n) is 6.46. The maximum Gasteiger partial charge on any atom is 0.255 e. The van der Waals surface area contributed by atoms with Crippen molar-refractivity contribution in [1.82, 2.24) is 4.90 Å². The van der Waals surface area contributed by atoms with E-state index in [1.807, 2.05) is 6.07 Å². The summed E-state index contributed by atoms with van der Waals surface area (Å²) in [5, 5.41) is 9.13. The summed E-state index contributed by atoms with van der Waals surface area (Å²) in [6.07, 6.45) is 1.52. The Morgan fingerprint density at radius 2 is 1.81 bits per heavy atom. The highest BCUT2D eigenvalue weighted by Crippen LogP contribution is 2.24. The minimum atomic E-state index is -3.66. The fraction of sp³-hybridized carbons (Fsp3) is 0.300. The van der Waals surface area contributed by atoms with Gasteiger partial charge in [0, 0.05) is 13.1 Å². The lowest BCUT2D eigenvalue weighted by atomic mass is 9.99. The van der Waals surface area contributed by atoms with Crippen molar-refractivity contribution in [2.24, 2.45) is 5.92 Å². The van der Waals surface area contributed by atoms with Crippen LogP contribution in [0.1, 0.15) is 28.8 Å². The van der Waals surface area contributed by atoms with Crippen LogP contribution in [0.25, 0.3) is 0 Å². The lowest BCUT2D eigenvalue weighted by Gasteiger charge is -2.30. The quantitative estimate of drug-likeness (QED) is 0.831. The average molecular weight is 368 g/mol. The van der Waals surface area contributed by atoms with Crippen molar-refractivity contribution in [2.45, 2.75) is 23.5 Å². The molecule has 0 aliphatic carbocycles. The number of amides is 1. The molecular weight excluding hydrogens is 348 g/mol. The Balaban J connectivity index is 1.90. The minimum Gasteiger partial charge on any atom is -0.337 e. The first-order chi connectivity index (χ1) is 12.5. The lowest BCUT2D eigenvalue weighted by Crippen LogP contribution is -2.40. The number of sulfone groups is 1. The molecule has 0 aromatic heterocycles. The molecule has 1 saturated heterocycles. The van der Waals surface area contributed by atoms with E-state index in [1.165, 1.54) is 6.07 Å². The highest BCUT2D eigenvalue weighted by molar-refractivity contribution is 7.90. The van der Waals surface area contributed by atoms with E-state index in [-0.39, 0.29) is 28.0 Å². The fourth-order valence-corrected chi connectivity index (χ4v) is 4.79. The average Bonchev–Trinajstić information content (AvgIpc) is 2.68. The van der Waals surface area contributed by atoms with E-state index in [0.29, 0.717) is 18.7 Å².